The van der Waals surface area contributed by atoms with Crippen LogP contribution in [0.1, 0.15) is 46.6 Å². The second-order valence-corrected chi connectivity index (χ2v) is 8.21. The van der Waals surface area contributed by atoms with Crippen LogP contribution in [0.3, 0.4) is 0 Å². The van der Waals surface area contributed by atoms with Crippen molar-refractivity contribution in [2.24, 2.45) is 11.7 Å². The van der Waals surface area contributed by atoms with Crippen LogP contribution in [0.15, 0.2) is 18.2 Å². The summed E-state index contributed by atoms with van der Waals surface area (Å²) < 4.78 is 0. The molecule has 1 aromatic carbocycles. The Labute approximate surface area is 174 Å². The number of nitrogens with two attached hydrogens (primary N) is 1. The van der Waals surface area contributed by atoms with Crippen LogP contribution in [0.5, 0.6) is 0 Å². The van der Waals surface area contributed by atoms with E-state index in [9.17, 15) is 10.1 Å². The van der Waals surface area contributed by atoms with E-state index < -0.39 is 0 Å². The monoisotopic (exact) mass is 414 g/mol. The molecule has 1 aliphatic carbocycles. The lowest BCUT2D eigenvalue weighted by atomic mass is 9.93. The smallest absolute Gasteiger partial charge is 0.257 e. The van der Waals surface area contributed by atoms with Crippen molar-refractivity contribution in [2.75, 3.05) is 0 Å². The summed E-state index contributed by atoms with van der Waals surface area (Å²) in [7, 11) is 0. The second kappa shape index (κ2) is 7.36. The molecule has 0 spiro atoms. The molecule has 2 aliphatic rings. The topological polar surface area (TPSA) is 83.0 Å². The van der Waals surface area contributed by atoms with Crippen molar-refractivity contribution < 1.29 is 4.79 Å². The van der Waals surface area contributed by atoms with Gasteiger partial charge in [0.2, 0.25) is 0 Å². The Morgan fingerprint density at radius 2 is 2.11 bits per heavy atom. The molecule has 1 unspecified atom stereocenters. The summed E-state index contributed by atoms with van der Waals surface area (Å²) in [4.78, 5) is 20.0. The highest BCUT2D eigenvalue weighted by atomic mass is 35.5. The number of fused-ring (bicyclic) bond motifs is 1. The molecular weight excluding hydrogens is 395 g/mol. The molecular formula is C21H20Cl2N4O. The number of pyridine rings is 1. The minimum absolute atomic E-state index is 0.0677. The van der Waals surface area contributed by atoms with Crippen LogP contribution in [-0.4, -0.2) is 21.8 Å². The fourth-order valence-corrected chi connectivity index (χ4v) is 5.00. The predicted molar refractivity (Wildman–Crippen MR) is 109 cm³/mol. The van der Waals surface area contributed by atoms with Crippen LogP contribution in [0.2, 0.25) is 10.0 Å². The zero-order valence-corrected chi connectivity index (χ0v) is 17.0. The van der Waals surface area contributed by atoms with Crippen molar-refractivity contribution in [1.29, 1.82) is 5.26 Å². The van der Waals surface area contributed by atoms with Gasteiger partial charge in [-0.15, -0.1) is 0 Å². The highest BCUT2D eigenvalue weighted by molar-refractivity contribution is 6.36. The number of carbonyl (C=O) groups is 1. The van der Waals surface area contributed by atoms with Gasteiger partial charge >= 0.3 is 0 Å². The lowest BCUT2D eigenvalue weighted by molar-refractivity contribution is 0.0683. The number of nitrogens with zero attached hydrogens (tertiary/aromatic N) is 3. The van der Waals surface area contributed by atoms with E-state index in [4.69, 9.17) is 28.9 Å². The molecule has 2 aromatic rings. The number of carbonyl (C=O) groups excluding carboxylic acids is 1. The van der Waals surface area contributed by atoms with Gasteiger partial charge in [0.25, 0.3) is 5.91 Å². The highest BCUT2D eigenvalue weighted by Gasteiger charge is 2.42. The highest BCUT2D eigenvalue weighted by Crippen LogP contribution is 2.42. The molecule has 0 saturated heterocycles. The first-order valence-electron chi connectivity index (χ1n) is 9.34. The number of aromatic nitrogens is 1. The molecule has 2 atom stereocenters. The molecule has 2 N–H and O–H groups in total. The maximum absolute atomic E-state index is 13.5. The van der Waals surface area contributed by atoms with Gasteiger partial charge in [-0.05, 0) is 43.9 Å². The Morgan fingerprint density at radius 3 is 2.79 bits per heavy atom. The van der Waals surface area contributed by atoms with Gasteiger partial charge in [0, 0.05) is 39.5 Å². The van der Waals surface area contributed by atoms with Crippen LogP contribution in [0, 0.1) is 24.2 Å². The Balaban J connectivity index is 1.89. The van der Waals surface area contributed by atoms with E-state index >= 15 is 0 Å². The molecule has 144 valence electrons. The van der Waals surface area contributed by atoms with E-state index in [1.54, 1.807) is 12.1 Å². The van der Waals surface area contributed by atoms with Crippen LogP contribution < -0.4 is 5.73 Å². The number of halogens is 2. The van der Waals surface area contributed by atoms with Gasteiger partial charge in [-0.3, -0.25) is 9.78 Å². The average molecular weight is 415 g/mol. The van der Waals surface area contributed by atoms with Gasteiger partial charge in [-0.25, -0.2) is 0 Å². The molecule has 5 nitrogen and oxygen atoms in total. The van der Waals surface area contributed by atoms with Crippen LogP contribution in [-0.2, 0) is 13.1 Å². The summed E-state index contributed by atoms with van der Waals surface area (Å²) in [6.07, 6.45) is 2.63. The van der Waals surface area contributed by atoms with Crippen molar-refractivity contribution in [3.05, 3.63) is 50.8 Å². The summed E-state index contributed by atoms with van der Waals surface area (Å²) in [6.45, 7) is 2.56. The van der Waals surface area contributed by atoms with Gasteiger partial charge in [0.05, 0.1) is 29.8 Å². The minimum Gasteiger partial charge on any atom is -0.328 e. The number of amides is 1. The van der Waals surface area contributed by atoms with E-state index in [2.05, 4.69) is 11.1 Å². The van der Waals surface area contributed by atoms with Crippen LogP contribution in [0.25, 0.3) is 11.1 Å². The maximum atomic E-state index is 13.5. The Kier molecular flexibility index (Phi) is 5.05. The minimum atomic E-state index is -0.129. The molecule has 1 fully saturated rings. The third kappa shape index (κ3) is 2.97. The molecule has 2 heterocycles. The number of benzene rings is 1. The van der Waals surface area contributed by atoms with E-state index in [1.807, 2.05) is 17.9 Å². The van der Waals surface area contributed by atoms with E-state index in [-0.39, 0.29) is 24.4 Å². The largest absolute Gasteiger partial charge is 0.328 e. The number of aryl methyl sites for hydroxylation is 1. The second-order valence-electron chi connectivity index (χ2n) is 7.37. The number of nitriles is 1. The fourth-order valence-electron chi connectivity index (χ4n) is 4.49. The first kappa shape index (κ1) is 19.2. The normalized spacial score (nSPS) is 21.1. The van der Waals surface area contributed by atoms with Gasteiger partial charge < -0.3 is 10.6 Å². The van der Waals surface area contributed by atoms with Crippen molar-refractivity contribution in [3.63, 3.8) is 0 Å². The Hall–Kier alpha value is -2.13. The van der Waals surface area contributed by atoms with Gasteiger partial charge in [0.15, 0.2) is 0 Å². The van der Waals surface area contributed by atoms with Crippen LogP contribution in [0.4, 0.5) is 0 Å². The van der Waals surface area contributed by atoms with Crippen molar-refractivity contribution in [2.45, 2.75) is 45.3 Å². The Bertz CT molecular complexity index is 1010. The van der Waals surface area contributed by atoms with E-state index in [0.717, 1.165) is 47.3 Å². The summed E-state index contributed by atoms with van der Waals surface area (Å²) in [5.41, 5.74) is 10.4. The standard InChI is InChI=1S/C21H20Cl2N4O/c1-11-15(9-25)19(14-6-5-13(22)7-16(14)23)20-17(26-11)10-27(21(20)28)18-4-2-3-12(18)8-24/h5-7,12,18H,2-4,9-10,25H2,1H3/t12-,18?/m1/s1. The molecule has 0 radical (unpaired) electrons. The molecule has 0 bridgehead atoms. The first-order chi connectivity index (χ1) is 13.5. The summed E-state index contributed by atoms with van der Waals surface area (Å²) >= 11 is 12.6. The number of hydrogen-bond acceptors (Lipinski definition) is 4. The zero-order chi connectivity index (χ0) is 20.0. The van der Waals surface area contributed by atoms with Gasteiger partial charge in [-0.2, -0.15) is 5.26 Å². The average Bonchev–Trinajstić information content (AvgIpc) is 3.25. The summed E-state index contributed by atoms with van der Waals surface area (Å²) in [5, 5.41) is 10.5. The van der Waals surface area contributed by atoms with Crippen LogP contribution >= 0.6 is 23.2 Å². The molecule has 4 rings (SSSR count). The molecule has 1 aliphatic heterocycles. The van der Waals surface area contributed by atoms with Crippen molar-refractivity contribution in [1.82, 2.24) is 9.88 Å². The Morgan fingerprint density at radius 1 is 1.32 bits per heavy atom. The molecule has 1 aromatic heterocycles. The quantitative estimate of drug-likeness (QED) is 0.802. The molecule has 1 amide bonds. The van der Waals surface area contributed by atoms with E-state index in [1.165, 1.54) is 0 Å². The number of rotatable bonds is 3. The van der Waals surface area contributed by atoms with Gasteiger partial charge in [0.1, 0.15) is 0 Å². The third-order valence-corrected chi connectivity index (χ3v) is 6.37. The SMILES string of the molecule is Cc1nc2c(c(-c3ccc(Cl)cc3Cl)c1CN)C(=O)N(C1CCC[C@@H]1C#N)C2. The molecule has 7 heteroatoms. The fraction of sp³-hybridized carbons (Fsp3) is 0.381. The zero-order valence-electron chi connectivity index (χ0n) is 15.5. The van der Waals surface area contributed by atoms with Crippen molar-refractivity contribution in [3.8, 4) is 17.2 Å². The van der Waals surface area contributed by atoms with Gasteiger partial charge in [-0.1, -0.05) is 29.3 Å². The third-order valence-electron chi connectivity index (χ3n) is 5.82. The maximum Gasteiger partial charge on any atom is 0.257 e. The summed E-state index contributed by atoms with van der Waals surface area (Å²) in [6, 6.07) is 7.54. The lowest BCUT2D eigenvalue weighted by Gasteiger charge is -2.26. The molecule has 28 heavy (non-hydrogen) atoms. The number of hydrogen-bond donors (Lipinski definition) is 1. The molecule has 1 saturated carbocycles. The summed E-state index contributed by atoms with van der Waals surface area (Å²) in [5.74, 6) is -0.221. The van der Waals surface area contributed by atoms with Crippen molar-refractivity contribution >= 4 is 29.1 Å². The van der Waals surface area contributed by atoms with E-state index in [0.29, 0.717) is 22.2 Å². The lowest BCUT2D eigenvalue weighted by Crippen LogP contribution is -2.37. The predicted octanol–water partition coefficient (Wildman–Crippen LogP) is 4.47. The first-order valence-corrected chi connectivity index (χ1v) is 10.1.